The number of fused-ring (bicyclic) bond motifs is 1. The number of benzene rings is 2. The molecule has 6 nitrogen and oxygen atoms in total. The third-order valence-electron chi connectivity index (χ3n) is 6.40. The lowest BCUT2D eigenvalue weighted by Crippen LogP contribution is -2.51. The van der Waals surface area contributed by atoms with Gasteiger partial charge in [-0.3, -0.25) is 9.59 Å². The molecular weight excluding hydrogens is 402 g/mol. The number of furan rings is 1. The number of amides is 2. The Hall–Kier alpha value is -3.54. The zero-order valence-electron chi connectivity index (χ0n) is 18.5. The molecule has 0 saturated carbocycles. The van der Waals surface area contributed by atoms with Crippen LogP contribution in [-0.2, 0) is 4.79 Å². The summed E-state index contributed by atoms with van der Waals surface area (Å²) in [6.45, 7) is 6.15. The van der Waals surface area contributed by atoms with Gasteiger partial charge in [0.15, 0.2) is 5.76 Å². The molecule has 1 aromatic heterocycles. The summed E-state index contributed by atoms with van der Waals surface area (Å²) in [5, 5.41) is 0. The highest BCUT2D eigenvalue weighted by Gasteiger charge is 2.35. The van der Waals surface area contributed by atoms with Gasteiger partial charge in [-0.05, 0) is 67.3 Å². The third-order valence-corrected chi connectivity index (χ3v) is 6.40. The van der Waals surface area contributed by atoms with Crippen molar-refractivity contribution < 1.29 is 14.0 Å². The maximum absolute atomic E-state index is 13.2. The molecule has 6 heteroatoms. The lowest BCUT2D eigenvalue weighted by molar-refractivity contribution is -0.117. The Bertz CT molecular complexity index is 1130. The van der Waals surface area contributed by atoms with Crippen LogP contribution in [0.5, 0.6) is 0 Å². The van der Waals surface area contributed by atoms with Crippen LogP contribution in [0, 0.1) is 0 Å². The van der Waals surface area contributed by atoms with Gasteiger partial charge in [-0.2, -0.15) is 0 Å². The van der Waals surface area contributed by atoms with Crippen LogP contribution in [0.1, 0.15) is 37.2 Å². The third kappa shape index (κ3) is 3.55. The monoisotopic (exact) mass is 429 g/mol. The van der Waals surface area contributed by atoms with Gasteiger partial charge in [0.05, 0.1) is 23.7 Å². The Kier molecular flexibility index (Phi) is 5.21. The molecule has 0 N–H and O–H groups in total. The summed E-state index contributed by atoms with van der Waals surface area (Å²) in [6, 6.07) is 17.8. The number of hydrogen-bond acceptors (Lipinski definition) is 4. The molecule has 3 aromatic rings. The quantitative estimate of drug-likeness (QED) is 0.591. The van der Waals surface area contributed by atoms with Crippen LogP contribution in [0.3, 0.4) is 0 Å². The number of carbonyl (C=O) groups is 2. The van der Waals surface area contributed by atoms with Gasteiger partial charge < -0.3 is 19.1 Å². The van der Waals surface area contributed by atoms with E-state index in [4.69, 9.17) is 4.42 Å². The number of anilines is 3. The van der Waals surface area contributed by atoms with Crippen LogP contribution < -0.4 is 14.7 Å². The highest BCUT2D eigenvalue weighted by Crippen LogP contribution is 2.40. The summed E-state index contributed by atoms with van der Waals surface area (Å²) in [4.78, 5) is 31.5. The van der Waals surface area contributed by atoms with E-state index in [2.05, 4.69) is 29.2 Å². The van der Waals surface area contributed by atoms with Crippen molar-refractivity contribution in [3.05, 3.63) is 66.6 Å². The molecule has 2 aliphatic heterocycles. The van der Waals surface area contributed by atoms with Crippen molar-refractivity contribution >= 4 is 28.9 Å². The second kappa shape index (κ2) is 8.19. The molecule has 0 unspecified atom stereocenters. The van der Waals surface area contributed by atoms with Crippen molar-refractivity contribution in [2.75, 3.05) is 34.3 Å². The van der Waals surface area contributed by atoms with Crippen molar-refractivity contribution in [3.63, 3.8) is 0 Å². The first-order chi connectivity index (χ1) is 15.5. The van der Waals surface area contributed by atoms with Gasteiger partial charge in [-0.15, -0.1) is 0 Å². The van der Waals surface area contributed by atoms with Crippen LogP contribution in [-0.4, -0.2) is 37.5 Å². The van der Waals surface area contributed by atoms with Gasteiger partial charge in [0.2, 0.25) is 5.91 Å². The van der Waals surface area contributed by atoms with Crippen molar-refractivity contribution in [1.82, 2.24) is 0 Å². The molecule has 1 fully saturated rings. The molecule has 1 atom stereocenters. The van der Waals surface area contributed by atoms with Gasteiger partial charge in [-0.25, -0.2) is 0 Å². The first kappa shape index (κ1) is 20.4. The van der Waals surface area contributed by atoms with Gasteiger partial charge in [-0.1, -0.05) is 18.2 Å². The smallest absolute Gasteiger partial charge is 0.294 e. The predicted octanol–water partition coefficient (Wildman–Crippen LogP) is 4.95. The molecule has 0 spiro atoms. The Balaban J connectivity index is 1.54. The van der Waals surface area contributed by atoms with E-state index in [1.165, 1.54) is 24.8 Å². The van der Waals surface area contributed by atoms with Gasteiger partial charge in [0.25, 0.3) is 5.91 Å². The predicted molar refractivity (Wildman–Crippen MR) is 126 cm³/mol. The van der Waals surface area contributed by atoms with Crippen molar-refractivity contribution in [2.24, 2.45) is 0 Å². The molecule has 164 valence electrons. The van der Waals surface area contributed by atoms with Crippen LogP contribution in [0.4, 0.5) is 17.1 Å². The van der Waals surface area contributed by atoms with E-state index in [0.717, 1.165) is 35.6 Å². The van der Waals surface area contributed by atoms with Gasteiger partial charge in [0, 0.05) is 32.2 Å². The Morgan fingerprint density at radius 1 is 0.938 bits per heavy atom. The van der Waals surface area contributed by atoms with E-state index in [-0.39, 0.29) is 17.9 Å². The Morgan fingerprint density at radius 3 is 2.31 bits per heavy atom. The lowest BCUT2D eigenvalue weighted by Gasteiger charge is -2.40. The average molecular weight is 430 g/mol. The minimum Gasteiger partial charge on any atom is -0.459 e. The lowest BCUT2D eigenvalue weighted by atomic mass is 10.00. The summed E-state index contributed by atoms with van der Waals surface area (Å²) >= 11 is 0. The molecule has 1 saturated heterocycles. The zero-order valence-corrected chi connectivity index (χ0v) is 18.5. The fraction of sp³-hybridized carbons (Fsp3) is 0.308. The largest absolute Gasteiger partial charge is 0.459 e. The number of rotatable bonds is 3. The second-order valence-corrected chi connectivity index (χ2v) is 8.58. The normalized spacial score (nSPS) is 18.1. The number of carbonyl (C=O) groups excluding carboxylic acids is 2. The van der Waals surface area contributed by atoms with E-state index in [1.807, 2.05) is 25.1 Å². The standard InChI is InChI=1S/C26H27N3O3/c1-18-17-28(26(31)25-6-5-15-32-25)24-16-21(9-12-23(24)29(18)19(2)30)20-7-10-22(11-8-20)27-13-3-4-14-27/h5-12,15-16,18H,3-4,13-14,17H2,1-2H3/t18-/m0/s1. The molecular formula is C26H27N3O3. The van der Waals surface area contributed by atoms with Crippen molar-refractivity contribution in [2.45, 2.75) is 32.7 Å². The van der Waals surface area contributed by atoms with Crippen molar-refractivity contribution in [1.29, 1.82) is 0 Å². The number of nitrogens with zero attached hydrogens (tertiary/aromatic N) is 3. The molecule has 2 aromatic carbocycles. The second-order valence-electron chi connectivity index (χ2n) is 8.58. The molecule has 0 aliphatic carbocycles. The van der Waals surface area contributed by atoms with Crippen LogP contribution in [0.15, 0.2) is 65.3 Å². The van der Waals surface area contributed by atoms with E-state index >= 15 is 0 Å². The molecule has 0 bridgehead atoms. The number of hydrogen-bond donors (Lipinski definition) is 0. The highest BCUT2D eigenvalue weighted by atomic mass is 16.3. The maximum atomic E-state index is 13.2. The molecule has 2 aliphatic rings. The van der Waals surface area contributed by atoms with Crippen molar-refractivity contribution in [3.8, 4) is 11.1 Å². The Labute approximate surface area is 188 Å². The van der Waals surface area contributed by atoms with E-state index in [1.54, 1.807) is 28.9 Å². The minimum atomic E-state index is -0.201. The minimum absolute atomic E-state index is 0.0356. The first-order valence-electron chi connectivity index (χ1n) is 11.2. The van der Waals surface area contributed by atoms with E-state index < -0.39 is 0 Å². The van der Waals surface area contributed by atoms with E-state index in [9.17, 15) is 9.59 Å². The summed E-state index contributed by atoms with van der Waals surface area (Å²) in [7, 11) is 0. The highest BCUT2D eigenvalue weighted by molar-refractivity contribution is 6.10. The van der Waals surface area contributed by atoms with Crippen LogP contribution >= 0.6 is 0 Å². The van der Waals surface area contributed by atoms with Crippen LogP contribution in [0.2, 0.25) is 0 Å². The topological polar surface area (TPSA) is 57.0 Å². The summed E-state index contributed by atoms with van der Waals surface area (Å²) in [5.41, 5.74) is 4.80. The fourth-order valence-electron chi connectivity index (χ4n) is 4.85. The SMILES string of the molecule is CC(=O)N1c2ccc(-c3ccc(N4CCCC4)cc3)cc2N(C(=O)c2ccco2)C[C@@H]1C. The zero-order chi connectivity index (χ0) is 22.2. The molecule has 0 radical (unpaired) electrons. The summed E-state index contributed by atoms with van der Waals surface area (Å²) in [6.07, 6.45) is 4.00. The van der Waals surface area contributed by atoms with Crippen LogP contribution in [0.25, 0.3) is 11.1 Å². The molecule has 2 amide bonds. The average Bonchev–Trinajstić information content (AvgIpc) is 3.52. The molecule has 5 rings (SSSR count). The molecule has 3 heterocycles. The Morgan fingerprint density at radius 2 is 1.66 bits per heavy atom. The van der Waals surface area contributed by atoms with Gasteiger partial charge in [0.1, 0.15) is 0 Å². The first-order valence-corrected chi connectivity index (χ1v) is 11.2. The molecule has 32 heavy (non-hydrogen) atoms. The van der Waals surface area contributed by atoms with Gasteiger partial charge >= 0.3 is 0 Å². The summed E-state index contributed by atoms with van der Waals surface area (Å²) < 4.78 is 5.37. The van der Waals surface area contributed by atoms with E-state index in [0.29, 0.717) is 12.3 Å². The maximum Gasteiger partial charge on any atom is 0.294 e. The fourth-order valence-corrected chi connectivity index (χ4v) is 4.85. The summed E-state index contributed by atoms with van der Waals surface area (Å²) in [5.74, 6) is 0.0548.